The molecule has 0 radical (unpaired) electrons. The lowest BCUT2D eigenvalue weighted by Crippen LogP contribution is -2.32. The molecule has 0 aromatic heterocycles. The maximum absolute atomic E-state index is 5.89. The van der Waals surface area contributed by atoms with E-state index in [2.05, 4.69) is 0 Å². The summed E-state index contributed by atoms with van der Waals surface area (Å²) in [6, 6.07) is 0.335. The Bertz CT molecular complexity index is 166. The number of hydrogen-bond acceptors (Lipinski definition) is 4. The van der Waals surface area contributed by atoms with Crippen LogP contribution in [0.3, 0.4) is 0 Å². The van der Waals surface area contributed by atoms with E-state index in [1.165, 1.54) is 6.42 Å². The standard InChI is InChI=1S/C12H25NO3/c1-14-6-3-7-15-8-9-16-12-5-2-4-11(13)10-12/h11-12H,2-10,13H2,1H3. The van der Waals surface area contributed by atoms with E-state index < -0.39 is 0 Å². The van der Waals surface area contributed by atoms with Crippen molar-refractivity contribution >= 4 is 0 Å². The summed E-state index contributed by atoms with van der Waals surface area (Å²) in [7, 11) is 1.70. The summed E-state index contributed by atoms with van der Waals surface area (Å²) in [5, 5.41) is 0. The minimum atomic E-state index is 0.335. The van der Waals surface area contributed by atoms with Gasteiger partial charge in [-0.3, -0.25) is 0 Å². The largest absolute Gasteiger partial charge is 0.385 e. The van der Waals surface area contributed by atoms with E-state index in [4.69, 9.17) is 19.9 Å². The fourth-order valence-electron chi connectivity index (χ4n) is 2.01. The van der Waals surface area contributed by atoms with Gasteiger partial charge in [-0.15, -0.1) is 0 Å². The van der Waals surface area contributed by atoms with Crippen molar-refractivity contribution in [2.45, 2.75) is 44.2 Å². The highest BCUT2D eigenvalue weighted by molar-refractivity contribution is 4.75. The smallest absolute Gasteiger partial charge is 0.0704 e. The van der Waals surface area contributed by atoms with Gasteiger partial charge in [0.25, 0.3) is 0 Å². The molecule has 4 nitrogen and oxygen atoms in total. The topological polar surface area (TPSA) is 53.7 Å². The molecule has 16 heavy (non-hydrogen) atoms. The molecule has 0 aliphatic heterocycles. The minimum absolute atomic E-state index is 0.335. The predicted molar refractivity (Wildman–Crippen MR) is 63.5 cm³/mol. The molecule has 1 saturated carbocycles. The maximum Gasteiger partial charge on any atom is 0.0704 e. The predicted octanol–water partition coefficient (Wildman–Crippen LogP) is 1.33. The molecule has 4 heteroatoms. The lowest BCUT2D eigenvalue weighted by molar-refractivity contribution is -0.0153. The summed E-state index contributed by atoms with van der Waals surface area (Å²) in [4.78, 5) is 0. The Balaban J connectivity index is 1.86. The van der Waals surface area contributed by atoms with Gasteiger partial charge in [-0.1, -0.05) is 0 Å². The highest BCUT2D eigenvalue weighted by Crippen LogP contribution is 2.19. The zero-order valence-electron chi connectivity index (χ0n) is 10.3. The van der Waals surface area contributed by atoms with Gasteiger partial charge in [0.15, 0.2) is 0 Å². The Hall–Kier alpha value is -0.160. The van der Waals surface area contributed by atoms with Crippen molar-refractivity contribution in [1.29, 1.82) is 0 Å². The van der Waals surface area contributed by atoms with Crippen LogP contribution in [0.4, 0.5) is 0 Å². The summed E-state index contributed by atoms with van der Waals surface area (Å²) in [6.45, 7) is 2.87. The van der Waals surface area contributed by atoms with Crippen molar-refractivity contribution in [1.82, 2.24) is 0 Å². The molecule has 2 atom stereocenters. The molecule has 0 saturated heterocycles. The number of nitrogens with two attached hydrogens (primary N) is 1. The number of rotatable bonds is 8. The summed E-state index contributed by atoms with van der Waals surface area (Å²) in [6.07, 6.45) is 5.80. The Morgan fingerprint density at radius 2 is 2.00 bits per heavy atom. The first-order valence-electron chi connectivity index (χ1n) is 6.26. The molecule has 0 bridgehead atoms. The molecule has 1 fully saturated rings. The maximum atomic E-state index is 5.89. The molecule has 0 spiro atoms. The van der Waals surface area contributed by atoms with Crippen molar-refractivity contribution in [2.75, 3.05) is 33.5 Å². The van der Waals surface area contributed by atoms with Gasteiger partial charge in [-0.05, 0) is 32.1 Å². The van der Waals surface area contributed by atoms with Crippen molar-refractivity contribution in [3.63, 3.8) is 0 Å². The van der Waals surface area contributed by atoms with Crippen molar-refractivity contribution in [3.05, 3.63) is 0 Å². The van der Waals surface area contributed by atoms with Gasteiger partial charge in [-0.2, -0.15) is 0 Å². The van der Waals surface area contributed by atoms with Gasteiger partial charge < -0.3 is 19.9 Å². The quantitative estimate of drug-likeness (QED) is 0.640. The Kier molecular flexibility index (Phi) is 7.76. The van der Waals surface area contributed by atoms with Crippen LogP contribution in [0, 0.1) is 0 Å². The van der Waals surface area contributed by atoms with E-state index in [0.29, 0.717) is 25.4 Å². The monoisotopic (exact) mass is 231 g/mol. The molecule has 1 aliphatic rings. The molecular weight excluding hydrogens is 206 g/mol. The molecule has 0 amide bonds. The fourth-order valence-corrected chi connectivity index (χ4v) is 2.01. The van der Waals surface area contributed by atoms with E-state index in [-0.39, 0.29) is 0 Å². The lowest BCUT2D eigenvalue weighted by atomic mass is 9.94. The first-order valence-corrected chi connectivity index (χ1v) is 6.26. The van der Waals surface area contributed by atoms with Crippen LogP contribution in [0.5, 0.6) is 0 Å². The molecule has 0 heterocycles. The van der Waals surface area contributed by atoms with Crippen molar-refractivity contribution in [2.24, 2.45) is 5.73 Å². The minimum Gasteiger partial charge on any atom is -0.385 e. The second-order valence-electron chi connectivity index (χ2n) is 4.38. The third-order valence-electron chi connectivity index (χ3n) is 2.89. The zero-order valence-corrected chi connectivity index (χ0v) is 10.3. The molecule has 2 unspecified atom stereocenters. The van der Waals surface area contributed by atoms with E-state index in [9.17, 15) is 0 Å². The van der Waals surface area contributed by atoms with Crippen LogP contribution < -0.4 is 5.73 Å². The van der Waals surface area contributed by atoms with E-state index in [1.807, 2.05) is 0 Å². The van der Waals surface area contributed by atoms with Crippen molar-refractivity contribution in [3.8, 4) is 0 Å². The van der Waals surface area contributed by atoms with Crippen LogP contribution in [0.2, 0.25) is 0 Å². The van der Waals surface area contributed by atoms with Crippen LogP contribution in [0.15, 0.2) is 0 Å². The van der Waals surface area contributed by atoms with Gasteiger partial charge in [-0.25, -0.2) is 0 Å². The van der Waals surface area contributed by atoms with Crippen LogP contribution >= 0.6 is 0 Å². The van der Waals surface area contributed by atoms with Crippen LogP contribution in [0.1, 0.15) is 32.1 Å². The van der Waals surface area contributed by atoms with E-state index in [0.717, 1.165) is 38.9 Å². The second kappa shape index (κ2) is 8.93. The highest BCUT2D eigenvalue weighted by Gasteiger charge is 2.19. The fraction of sp³-hybridized carbons (Fsp3) is 1.00. The number of hydrogen-bond donors (Lipinski definition) is 1. The molecule has 2 N–H and O–H groups in total. The first-order chi connectivity index (χ1) is 7.83. The van der Waals surface area contributed by atoms with Gasteiger partial charge in [0.05, 0.1) is 19.3 Å². The van der Waals surface area contributed by atoms with Gasteiger partial charge in [0.2, 0.25) is 0 Å². The molecule has 0 aromatic rings. The Morgan fingerprint density at radius 3 is 2.75 bits per heavy atom. The third kappa shape index (κ3) is 6.43. The van der Waals surface area contributed by atoms with Gasteiger partial charge in [0.1, 0.15) is 0 Å². The molecule has 0 aromatic carbocycles. The van der Waals surface area contributed by atoms with Gasteiger partial charge >= 0.3 is 0 Å². The van der Waals surface area contributed by atoms with Crippen LogP contribution in [0.25, 0.3) is 0 Å². The van der Waals surface area contributed by atoms with Crippen LogP contribution in [-0.2, 0) is 14.2 Å². The second-order valence-corrected chi connectivity index (χ2v) is 4.38. The summed E-state index contributed by atoms with van der Waals surface area (Å²) in [5.74, 6) is 0. The highest BCUT2D eigenvalue weighted by atomic mass is 16.5. The third-order valence-corrected chi connectivity index (χ3v) is 2.89. The number of ether oxygens (including phenoxy) is 3. The van der Waals surface area contributed by atoms with Gasteiger partial charge in [0, 0.05) is 26.4 Å². The summed E-state index contributed by atoms with van der Waals surface area (Å²) < 4.78 is 16.1. The van der Waals surface area contributed by atoms with Crippen molar-refractivity contribution < 1.29 is 14.2 Å². The normalized spacial score (nSPS) is 25.9. The lowest BCUT2D eigenvalue weighted by Gasteiger charge is -2.26. The summed E-state index contributed by atoms with van der Waals surface area (Å²) >= 11 is 0. The van der Waals surface area contributed by atoms with Crippen LogP contribution in [-0.4, -0.2) is 45.7 Å². The first kappa shape index (κ1) is 13.9. The Labute approximate surface area is 98.4 Å². The average Bonchev–Trinajstić information content (AvgIpc) is 2.28. The van der Waals surface area contributed by atoms with E-state index >= 15 is 0 Å². The average molecular weight is 231 g/mol. The molecule has 1 aliphatic carbocycles. The summed E-state index contributed by atoms with van der Waals surface area (Å²) in [5.41, 5.74) is 5.89. The SMILES string of the molecule is COCCCOCCOC1CCCC(N)C1. The molecule has 1 rings (SSSR count). The molecular formula is C12H25NO3. The van der Waals surface area contributed by atoms with E-state index in [1.54, 1.807) is 7.11 Å². The number of methoxy groups -OCH3 is 1. The molecule has 96 valence electrons. The zero-order chi connectivity index (χ0) is 11.6. The Morgan fingerprint density at radius 1 is 1.12 bits per heavy atom.